The van der Waals surface area contributed by atoms with E-state index in [0.717, 1.165) is 12.1 Å². The number of halogens is 1. The molecule has 118 valence electrons. The number of hydrogen-bond acceptors (Lipinski definition) is 4. The van der Waals surface area contributed by atoms with Gasteiger partial charge in [0.15, 0.2) is 11.5 Å². The molecule has 2 rings (SSSR count). The summed E-state index contributed by atoms with van der Waals surface area (Å²) in [6.45, 7) is 0.0834. The molecule has 0 aliphatic rings. The lowest BCUT2D eigenvalue weighted by Gasteiger charge is -2.10. The maximum Gasteiger partial charge on any atom is 0.240 e. The lowest BCUT2D eigenvalue weighted by atomic mass is 10.2. The van der Waals surface area contributed by atoms with Gasteiger partial charge in [0.25, 0.3) is 0 Å². The summed E-state index contributed by atoms with van der Waals surface area (Å²) in [5.41, 5.74) is 0.711. The van der Waals surface area contributed by atoms with E-state index in [-0.39, 0.29) is 11.4 Å². The van der Waals surface area contributed by atoms with Gasteiger partial charge in [-0.3, -0.25) is 0 Å². The largest absolute Gasteiger partial charge is 0.493 e. The molecule has 0 radical (unpaired) electrons. The van der Waals surface area contributed by atoms with Crippen LogP contribution in [0.4, 0.5) is 4.39 Å². The number of benzene rings is 2. The number of methoxy groups -OCH3 is 2. The summed E-state index contributed by atoms with van der Waals surface area (Å²) in [5, 5.41) is 0. The average molecular weight is 325 g/mol. The minimum Gasteiger partial charge on any atom is -0.493 e. The zero-order valence-corrected chi connectivity index (χ0v) is 13.0. The maximum absolute atomic E-state index is 12.8. The first kappa shape index (κ1) is 16.3. The van der Waals surface area contributed by atoms with E-state index < -0.39 is 15.8 Å². The van der Waals surface area contributed by atoms with Crippen LogP contribution in [0.5, 0.6) is 11.5 Å². The van der Waals surface area contributed by atoms with Crippen LogP contribution in [-0.2, 0) is 16.6 Å². The molecule has 22 heavy (non-hydrogen) atoms. The van der Waals surface area contributed by atoms with Crippen LogP contribution in [0.25, 0.3) is 0 Å². The standard InChI is InChI=1S/C15H16FNO4S/c1-20-14-8-3-11(9-15(14)21-2)10-17-22(18,19)13-6-4-12(16)5-7-13/h3-9,17H,10H2,1-2H3. The maximum atomic E-state index is 12.8. The van der Waals surface area contributed by atoms with Crippen LogP contribution in [0.2, 0.25) is 0 Å². The van der Waals surface area contributed by atoms with Crippen molar-refractivity contribution in [2.45, 2.75) is 11.4 Å². The van der Waals surface area contributed by atoms with Gasteiger partial charge in [-0.2, -0.15) is 0 Å². The molecule has 0 fully saturated rings. The molecule has 0 aromatic heterocycles. The number of hydrogen-bond donors (Lipinski definition) is 1. The summed E-state index contributed by atoms with van der Waals surface area (Å²) in [5.74, 6) is 0.590. The van der Waals surface area contributed by atoms with Crippen LogP contribution in [0.1, 0.15) is 5.56 Å². The van der Waals surface area contributed by atoms with Gasteiger partial charge in [0.1, 0.15) is 5.82 Å². The summed E-state index contributed by atoms with van der Waals surface area (Å²) < 4.78 is 49.8. The van der Waals surface area contributed by atoms with Crippen molar-refractivity contribution in [3.63, 3.8) is 0 Å². The Kier molecular flexibility index (Phi) is 4.99. The van der Waals surface area contributed by atoms with Crippen molar-refractivity contribution in [3.05, 3.63) is 53.8 Å². The molecular weight excluding hydrogens is 309 g/mol. The van der Waals surface area contributed by atoms with E-state index >= 15 is 0 Å². The second-order valence-electron chi connectivity index (χ2n) is 4.47. The van der Waals surface area contributed by atoms with E-state index in [2.05, 4.69) is 4.72 Å². The summed E-state index contributed by atoms with van der Waals surface area (Å²) in [6, 6.07) is 9.75. The first-order valence-electron chi connectivity index (χ1n) is 6.42. The summed E-state index contributed by atoms with van der Waals surface area (Å²) in [7, 11) is -0.672. The van der Waals surface area contributed by atoms with Crippen molar-refractivity contribution < 1.29 is 22.3 Å². The number of sulfonamides is 1. The zero-order chi connectivity index (χ0) is 16.2. The lowest BCUT2D eigenvalue weighted by molar-refractivity contribution is 0.354. The van der Waals surface area contributed by atoms with Crippen LogP contribution >= 0.6 is 0 Å². The molecule has 5 nitrogen and oxygen atoms in total. The Morgan fingerprint density at radius 1 is 1.00 bits per heavy atom. The summed E-state index contributed by atoms with van der Waals surface area (Å²) in [4.78, 5) is 0.00868. The van der Waals surface area contributed by atoms with Crippen molar-refractivity contribution in [1.29, 1.82) is 0 Å². The third-order valence-electron chi connectivity index (χ3n) is 3.04. The molecule has 0 amide bonds. The fourth-order valence-electron chi connectivity index (χ4n) is 1.87. The minimum absolute atomic E-state index is 0.00868. The quantitative estimate of drug-likeness (QED) is 0.885. The monoisotopic (exact) mass is 325 g/mol. The predicted octanol–water partition coefficient (Wildman–Crippen LogP) is 2.32. The topological polar surface area (TPSA) is 64.6 Å². The van der Waals surface area contributed by atoms with Crippen molar-refractivity contribution >= 4 is 10.0 Å². The van der Waals surface area contributed by atoms with Crippen LogP contribution in [0.15, 0.2) is 47.4 Å². The Labute approximate surface area is 128 Å². The van der Waals surface area contributed by atoms with Crippen LogP contribution < -0.4 is 14.2 Å². The third kappa shape index (κ3) is 3.75. The molecule has 0 aliphatic carbocycles. The lowest BCUT2D eigenvalue weighted by Crippen LogP contribution is -2.23. The van der Waals surface area contributed by atoms with E-state index in [0.29, 0.717) is 17.1 Å². The Hall–Kier alpha value is -2.12. The molecule has 0 bridgehead atoms. The Morgan fingerprint density at radius 2 is 1.64 bits per heavy atom. The number of nitrogens with one attached hydrogen (secondary N) is 1. The fraction of sp³-hybridized carbons (Fsp3) is 0.200. The molecule has 7 heteroatoms. The second kappa shape index (κ2) is 6.76. The Morgan fingerprint density at radius 3 is 2.23 bits per heavy atom. The Bertz CT molecular complexity index is 745. The van der Waals surface area contributed by atoms with Crippen molar-refractivity contribution in [1.82, 2.24) is 4.72 Å². The van der Waals surface area contributed by atoms with E-state index in [1.54, 1.807) is 18.2 Å². The molecule has 0 saturated heterocycles. The molecule has 2 aromatic carbocycles. The highest BCUT2D eigenvalue weighted by Gasteiger charge is 2.14. The molecule has 0 saturated carbocycles. The summed E-state index contributed by atoms with van der Waals surface area (Å²) >= 11 is 0. The predicted molar refractivity (Wildman–Crippen MR) is 80.0 cm³/mol. The molecule has 0 atom stereocenters. The van der Waals surface area contributed by atoms with E-state index in [1.165, 1.54) is 26.4 Å². The molecule has 1 N–H and O–H groups in total. The second-order valence-corrected chi connectivity index (χ2v) is 6.23. The minimum atomic E-state index is -3.70. The van der Waals surface area contributed by atoms with Crippen LogP contribution in [0, 0.1) is 5.82 Å². The molecule has 0 spiro atoms. The fourth-order valence-corrected chi connectivity index (χ4v) is 2.88. The van der Waals surface area contributed by atoms with Crippen molar-refractivity contribution in [2.75, 3.05) is 14.2 Å². The molecule has 0 aliphatic heterocycles. The Balaban J connectivity index is 2.13. The first-order chi connectivity index (χ1) is 10.5. The van der Waals surface area contributed by atoms with Gasteiger partial charge >= 0.3 is 0 Å². The van der Waals surface area contributed by atoms with Crippen LogP contribution in [0.3, 0.4) is 0 Å². The van der Waals surface area contributed by atoms with E-state index in [9.17, 15) is 12.8 Å². The van der Waals surface area contributed by atoms with E-state index in [1.807, 2.05) is 0 Å². The summed E-state index contributed by atoms with van der Waals surface area (Å²) in [6.07, 6.45) is 0. The average Bonchev–Trinajstić information content (AvgIpc) is 2.53. The zero-order valence-electron chi connectivity index (χ0n) is 12.2. The molecular formula is C15H16FNO4S. The highest BCUT2D eigenvalue weighted by Crippen LogP contribution is 2.27. The van der Waals surface area contributed by atoms with Gasteiger partial charge in [-0.15, -0.1) is 0 Å². The smallest absolute Gasteiger partial charge is 0.240 e. The highest BCUT2D eigenvalue weighted by molar-refractivity contribution is 7.89. The van der Waals surface area contributed by atoms with Gasteiger partial charge in [-0.1, -0.05) is 6.07 Å². The van der Waals surface area contributed by atoms with E-state index in [4.69, 9.17) is 9.47 Å². The van der Waals surface area contributed by atoms with Gasteiger partial charge in [-0.25, -0.2) is 17.5 Å². The van der Waals surface area contributed by atoms with Crippen molar-refractivity contribution in [2.24, 2.45) is 0 Å². The van der Waals surface area contributed by atoms with Gasteiger partial charge < -0.3 is 9.47 Å². The van der Waals surface area contributed by atoms with Gasteiger partial charge in [0.2, 0.25) is 10.0 Å². The van der Waals surface area contributed by atoms with Crippen LogP contribution in [-0.4, -0.2) is 22.6 Å². The number of rotatable bonds is 6. The highest BCUT2D eigenvalue weighted by atomic mass is 32.2. The molecule has 0 unspecified atom stereocenters. The normalized spacial score (nSPS) is 11.2. The first-order valence-corrected chi connectivity index (χ1v) is 7.90. The van der Waals surface area contributed by atoms with Gasteiger partial charge in [0.05, 0.1) is 19.1 Å². The molecule has 2 aromatic rings. The van der Waals surface area contributed by atoms with Gasteiger partial charge in [0, 0.05) is 6.54 Å². The third-order valence-corrected chi connectivity index (χ3v) is 4.46. The molecule has 0 heterocycles. The number of ether oxygens (including phenoxy) is 2. The van der Waals surface area contributed by atoms with Crippen molar-refractivity contribution in [3.8, 4) is 11.5 Å². The van der Waals surface area contributed by atoms with Gasteiger partial charge in [-0.05, 0) is 42.0 Å². The SMILES string of the molecule is COc1ccc(CNS(=O)(=O)c2ccc(F)cc2)cc1OC.